The maximum Gasteiger partial charge on any atom is 0.339 e. The van der Waals surface area contributed by atoms with Crippen molar-refractivity contribution in [2.75, 3.05) is 6.61 Å². The van der Waals surface area contributed by atoms with E-state index in [0.717, 1.165) is 22.0 Å². The molecule has 6 nitrogen and oxygen atoms in total. The van der Waals surface area contributed by atoms with Crippen molar-refractivity contribution < 1.29 is 19.1 Å². The molecule has 3 heterocycles. The second-order valence-corrected chi connectivity index (χ2v) is 7.55. The minimum Gasteiger partial charge on any atom is -0.462 e. The summed E-state index contributed by atoms with van der Waals surface area (Å²) in [7, 11) is 0. The summed E-state index contributed by atoms with van der Waals surface area (Å²) >= 11 is 3.15. The van der Waals surface area contributed by atoms with Crippen LogP contribution in [-0.2, 0) is 27.4 Å². The summed E-state index contributed by atoms with van der Waals surface area (Å²) in [5.41, 5.74) is 3.77. The fourth-order valence-corrected chi connectivity index (χ4v) is 4.20. The Morgan fingerprint density at radius 3 is 2.74 bits per heavy atom. The summed E-state index contributed by atoms with van der Waals surface area (Å²) in [5.74, 6) is -0.758. The number of esters is 2. The van der Waals surface area contributed by atoms with Gasteiger partial charge < -0.3 is 14.0 Å². The van der Waals surface area contributed by atoms with E-state index in [0.29, 0.717) is 17.9 Å². The van der Waals surface area contributed by atoms with Crippen LogP contribution in [-0.4, -0.2) is 28.1 Å². The van der Waals surface area contributed by atoms with Crippen LogP contribution in [0.1, 0.15) is 34.4 Å². The van der Waals surface area contributed by atoms with Crippen molar-refractivity contribution in [2.24, 2.45) is 0 Å². The molecule has 0 fully saturated rings. The lowest BCUT2D eigenvalue weighted by Gasteiger charge is -2.09. The summed E-state index contributed by atoms with van der Waals surface area (Å²) < 4.78 is 12.2. The third-order valence-electron chi connectivity index (χ3n) is 4.06. The third-order valence-corrected chi connectivity index (χ3v) is 5.68. The van der Waals surface area contributed by atoms with E-state index < -0.39 is 0 Å². The molecule has 3 aromatic heterocycles. The number of ether oxygens (including phenoxy) is 2. The Hall–Kier alpha value is -2.45. The smallest absolute Gasteiger partial charge is 0.339 e. The van der Waals surface area contributed by atoms with Crippen LogP contribution in [0.2, 0.25) is 0 Å². The number of aryl methyl sites for hydroxylation is 1. The van der Waals surface area contributed by atoms with Crippen LogP contribution in [0.15, 0.2) is 28.3 Å². The zero-order valence-electron chi connectivity index (χ0n) is 15.4. The lowest BCUT2D eigenvalue weighted by Crippen LogP contribution is -2.16. The molecule has 0 unspecified atom stereocenters. The first-order valence-electron chi connectivity index (χ1n) is 8.46. The highest BCUT2D eigenvalue weighted by Crippen LogP contribution is 2.26. The van der Waals surface area contributed by atoms with Gasteiger partial charge in [-0.3, -0.25) is 4.79 Å². The molecule has 0 saturated heterocycles. The predicted octanol–water partition coefficient (Wildman–Crippen LogP) is 4.21. The topological polar surface area (TPSA) is 70.4 Å². The number of hydrogen-bond acceptors (Lipinski definition) is 7. The van der Waals surface area contributed by atoms with E-state index in [1.807, 2.05) is 29.1 Å². The van der Waals surface area contributed by atoms with Crippen LogP contribution in [0.4, 0.5) is 0 Å². The van der Waals surface area contributed by atoms with Crippen molar-refractivity contribution in [3.8, 4) is 10.6 Å². The molecule has 3 aromatic rings. The third kappa shape index (κ3) is 4.45. The molecule has 3 rings (SSSR count). The Labute approximate surface area is 165 Å². The van der Waals surface area contributed by atoms with E-state index >= 15 is 0 Å². The molecule has 142 valence electrons. The van der Waals surface area contributed by atoms with Gasteiger partial charge in [-0.1, -0.05) is 0 Å². The largest absolute Gasteiger partial charge is 0.462 e. The highest BCUT2D eigenvalue weighted by atomic mass is 32.1. The van der Waals surface area contributed by atoms with Gasteiger partial charge in [0.05, 0.1) is 17.9 Å². The van der Waals surface area contributed by atoms with E-state index in [1.54, 1.807) is 35.8 Å². The molecule has 0 spiro atoms. The van der Waals surface area contributed by atoms with Gasteiger partial charge in [0.1, 0.15) is 18.2 Å². The van der Waals surface area contributed by atoms with Gasteiger partial charge in [0, 0.05) is 27.7 Å². The molecule has 0 atom stereocenters. The molecule has 8 heteroatoms. The Morgan fingerprint density at radius 1 is 1.22 bits per heavy atom. The number of thiophene rings is 1. The van der Waals surface area contributed by atoms with E-state index in [4.69, 9.17) is 9.47 Å². The van der Waals surface area contributed by atoms with Crippen LogP contribution in [0, 0.1) is 13.8 Å². The molecular formula is C19H20N2O4S2. The Balaban J connectivity index is 1.61. The zero-order chi connectivity index (χ0) is 19.4. The average Bonchev–Trinajstić information content (AvgIpc) is 3.37. The van der Waals surface area contributed by atoms with Crippen LogP contribution in [0.25, 0.3) is 10.6 Å². The molecule has 0 aliphatic carbocycles. The normalized spacial score (nSPS) is 10.8. The summed E-state index contributed by atoms with van der Waals surface area (Å²) in [4.78, 5) is 28.7. The van der Waals surface area contributed by atoms with E-state index in [-0.39, 0.29) is 25.1 Å². The first-order valence-corrected chi connectivity index (χ1v) is 10.3. The maximum absolute atomic E-state index is 12.2. The average molecular weight is 405 g/mol. The highest BCUT2D eigenvalue weighted by molar-refractivity contribution is 7.14. The molecule has 0 saturated carbocycles. The number of carbonyl (C=O) groups is 2. The number of carbonyl (C=O) groups excluding carboxylic acids is 2. The summed E-state index contributed by atoms with van der Waals surface area (Å²) in [6.07, 6.45) is 0. The first kappa shape index (κ1) is 19.3. The van der Waals surface area contributed by atoms with Gasteiger partial charge in [0.15, 0.2) is 0 Å². The van der Waals surface area contributed by atoms with Crippen LogP contribution in [0.3, 0.4) is 0 Å². The van der Waals surface area contributed by atoms with E-state index in [2.05, 4.69) is 4.98 Å². The molecule has 0 N–H and O–H groups in total. The summed E-state index contributed by atoms with van der Waals surface area (Å²) in [5, 5.41) is 6.85. The van der Waals surface area contributed by atoms with Gasteiger partial charge in [0.25, 0.3) is 0 Å². The van der Waals surface area contributed by atoms with Crippen molar-refractivity contribution in [2.45, 2.75) is 33.9 Å². The standard InChI is InChI=1S/C19H20N2O4S2/c1-4-24-19(23)16-7-12(2)21(13(16)3)8-17(22)25-9-15-11-27-18(20-15)14-5-6-26-10-14/h5-7,10-11H,4,8-9H2,1-3H3. The van der Waals surface area contributed by atoms with Crippen molar-refractivity contribution in [1.82, 2.24) is 9.55 Å². The van der Waals surface area contributed by atoms with Crippen LogP contribution < -0.4 is 0 Å². The number of nitrogens with zero attached hydrogens (tertiary/aromatic N) is 2. The molecule has 0 aromatic carbocycles. The molecule has 0 aliphatic rings. The first-order chi connectivity index (χ1) is 13.0. The van der Waals surface area contributed by atoms with Crippen molar-refractivity contribution in [1.29, 1.82) is 0 Å². The highest BCUT2D eigenvalue weighted by Gasteiger charge is 2.18. The Morgan fingerprint density at radius 2 is 2.04 bits per heavy atom. The summed E-state index contributed by atoms with van der Waals surface area (Å²) in [6, 6.07) is 3.74. The quantitative estimate of drug-likeness (QED) is 0.552. The van der Waals surface area contributed by atoms with E-state index in [1.165, 1.54) is 11.3 Å². The van der Waals surface area contributed by atoms with E-state index in [9.17, 15) is 9.59 Å². The lowest BCUT2D eigenvalue weighted by atomic mass is 10.2. The fourth-order valence-electron chi connectivity index (χ4n) is 2.68. The van der Waals surface area contributed by atoms with Gasteiger partial charge in [-0.25, -0.2) is 9.78 Å². The zero-order valence-corrected chi connectivity index (χ0v) is 17.0. The Bertz CT molecular complexity index is 941. The predicted molar refractivity (Wildman–Crippen MR) is 105 cm³/mol. The molecule has 0 amide bonds. The fraction of sp³-hybridized carbons (Fsp3) is 0.316. The minimum atomic E-state index is -0.381. The number of thiazole rings is 1. The second kappa shape index (κ2) is 8.49. The van der Waals surface area contributed by atoms with Gasteiger partial charge in [-0.05, 0) is 38.3 Å². The molecule has 27 heavy (non-hydrogen) atoms. The second-order valence-electron chi connectivity index (χ2n) is 5.91. The monoisotopic (exact) mass is 404 g/mol. The number of rotatable bonds is 7. The minimum absolute atomic E-state index is 0.0403. The maximum atomic E-state index is 12.2. The SMILES string of the molecule is CCOC(=O)c1cc(C)n(CC(=O)OCc2csc(-c3ccsc3)n2)c1C. The van der Waals surface area contributed by atoms with Gasteiger partial charge in [-0.2, -0.15) is 11.3 Å². The van der Waals surface area contributed by atoms with Gasteiger partial charge in [-0.15, -0.1) is 11.3 Å². The van der Waals surface area contributed by atoms with Gasteiger partial charge in [0.2, 0.25) is 0 Å². The van der Waals surface area contributed by atoms with Crippen molar-refractivity contribution >= 4 is 34.6 Å². The van der Waals surface area contributed by atoms with Crippen LogP contribution in [0.5, 0.6) is 0 Å². The number of aromatic nitrogens is 2. The van der Waals surface area contributed by atoms with Crippen LogP contribution >= 0.6 is 22.7 Å². The molecule has 0 aliphatic heterocycles. The lowest BCUT2D eigenvalue weighted by molar-refractivity contribution is -0.145. The molecular weight excluding hydrogens is 384 g/mol. The summed E-state index contributed by atoms with van der Waals surface area (Å²) in [6.45, 7) is 5.88. The molecule has 0 radical (unpaired) electrons. The van der Waals surface area contributed by atoms with Crippen molar-refractivity contribution in [3.05, 3.63) is 50.9 Å². The molecule has 0 bridgehead atoms. The van der Waals surface area contributed by atoms with Gasteiger partial charge >= 0.3 is 11.9 Å². The van der Waals surface area contributed by atoms with Crippen molar-refractivity contribution in [3.63, 3.8) is 0 Å². The number of hydrogen-bond donors (Lipinski definition) is 0. The Kier molecular flexibility index (Phi) is 6.08.